The Labute approximate surface area is 202 Å². The number of aliphatic imine (C=N–C) groups is 1. The van der Waals surface area contributed by atoms with E-state index in [1.54, 1.807) is 0 Å². The molecule has 2 amide bonds. The molecule has 0 aromatic carbocycles. The van der Waals surface area contributed by atoms with Gasteiger partial charge >= 0.3 is 0 Å². The molecule has 0 aromatic heterocycles. The number of hydrogen-bond donors (Lipinski definition) is 4. The van der Waals surface area contributed by atoms with Crippen LogP contribution in [-0.4, -0.2) is 66.2 Å². The molecule has 4 aliphatic rings. The lowest BCUT2D eigenvalue weighted by molar-refractivity contribution is -0.145. The van der Waals surface area contributed by atoms with E-state index in [9.17, 15) is 14.4 Å². The maximum absolute atomic E-state index is 14.0. The molecule has 6 N–H and O–H groups in total. The van der Waals surface area contributed by atoms with Crippen LogP contribution in [0, 0.1) is 17.8 Å². The molecule has 0 radical (unpaired) electrons. The number of nitrogens with one attached hydrogen (secondary N) is 2. The molecule has 2 aliphatic carbocycles. The third-order valence-corrected chi connectivity index (χ3v) is 8.65. The summed E-state index contributed by atoms with van der Waals surface area (Å²) in [5.41, 5.74) is 10.7. The predicted octanol–water partition coefficient (Wildman–Crippen LogP) is 1.05. The Kier molecular flexibility index (Phi) is 8.45. The van der Waals surface area contributed by atoms with Gasteiger partial charge in [0.2, 0.25) is 11.8 Å². The number of carbonyl (C=O) groups is 3. The van der Waals surface area contributed by atoms with Gasteiger partial charge < -0.3 is 31.8 Å². The molecular weight excluding hydrogens is 432 g/mol. The van der Waals surface area contributed by atoms with E-state index in [1.165, 1.54) is 19.3 Å². The molecule has 0 bridgehead atoms. The van der Waals surface area contributed by atoms with Crippen LogP contribution >= 0.6 is 0 Å². The Hall–Kier alpha value is -2.16. The van der Waals surface area contributed by atoms with Crippen LogP contribution in [0.15, 0.2) is 4.99 Å². The number of likely N-dealkylation sites (tertiary alicyclic amines) is 1. The zero-order valence-corrected chi connectivity index (χ0v) is 20.3. The van der Waals surface area contributed by atoms with Crippen molar-refractivity contribution in [1.82, 2.24) is 15.5 Å². The van der Waals surface area contributed by atoms with E-state index >= 15 is 0 Å². The number of carbonyl (C=O) groups excluding carboxylic acids is 3. The molecule has 4 fully saturated rings. The summed E-state index contributed by atoms with van der Waals surface area (Å²) >= 11 is 0. The standard InChI is InChI=1S/C25H42N6O3/c26-25(27)29-12-5-8-18(15-32)30-23(33)21-14-17-7-2-4-10-20(17)31(21)24(34)22-19-9-3-1-6-16(19)11-13-28-22/h15-22,28H,1-14H2,(H,30,33)(H4,26,27,29)/t16-,17+,18+,19-,20+,21+,22+/m1/s1. The molecule has 7 atom stereocenters. The van der Waals surface area contributed by atoms with Crippen LogP contribution in [0.5, 0.6) is 0 Å². The molecular formula is C25H42N6O3. The van der Waals surface area contributed by atoms with Crippen LogP contribution in [0.2, 0.25) is 0 Å². The van der Waals surface area contributed by atoms with Gasteiger partial charge in [0.1, 0.15) is 12.3 Å². The fourth-order valence-electron chi connectivity index (χ4n) is 7.02. The second kappa shape index (κ2) is 11.5. The van der Waals surface area contributed by atoms with Crippen LogP contribution in [-0.2, 0) is 14.4 Å². The van der Waals surface area contributed by atoms with Gasteiger partial charge in [-0.25, -0.2) is 0 Å². The predicted molar refractivity (Wildman–Crippen MR) is 131 cm³/mol. The number of piperidine rings is 1. The summed E-state index contributed by atoms with van der Waals surface area (Å²) in [6, 6.07) is -1.14. The van der Waals surface area contributed by atoms with Gasteiger partial charge in [-0.3, -0.25) is 14.6 Å². The van der Waals surface area contributed by atoms with Crippen molar-refractivity contribution in [2.75, 3.05) is 13.1 Å². The maximum atomic E-state index is 14.0. The monoisotopic (exact) mass is 474 g/mol. The van der Waals surface area contributed by atoms with Crippen molar-refractivity contribution in [3.8, 4) is 0 Å². The average molecular weight is 475 g/mol. The van der Waals surface area contributed by atoms with E-state index in [4.69, 9.17) is 11.5 Å². The van der Waals surface area contributed by atoms with Gasteiger partial charge in [0, 0.05) is 12.6 Å². The highest BCUT2D eigenvalue weighted by atomic mass is 16.2. The minimum absolute atomic E-state index is 0.0194. The van der Waals surface area contributed by atoms with E-state index in [2.05, 4.69) is 15.6 Å². The Morgan fingerprint density at radius 3 is 2.56 bits per heavy atom. The van der Waals surface area contributed by atoms with Gasteiger partial charge in [0.05, 0.1) is 12.1 Å². The number of guanidine groups is 1. The van der Waals surface area contributed by atoms with E-state index in [0.29, 0.717) is 43.6 Å². The number of hydrogen-bond acceptors (Lipinski definition) is 5. The molecule has 0 unspecified atom stereocenters. The van der Waals surface area contributed by atoms with Crippen LogP contribution in [0.3, 0.4) is 0 Å². The summed E-state index contributed by atoms with van der Waals surface area (Å²) in [5, 5.41) is 6.45. The summed E-state index contributed by atoms with van der Waals surface area (Å²) < 4.78 is 0. The highest BCUT2D eigenvalue weighted by Gasteiger charge is 2.51. The van der Waals surface area contributed by atoms with E-state index in [1.807, 2.05) is 4.90 Å². The molecule has 2 heterocycles. The lowest BCUT2D eigenvalue weighted by Crippen LogP contribution is -2.60. The van der Waals surface area contributed by atoms with Crippen LogP contribution in [0.4, 0.5) is 0 Å². The summed E-state index contributed by atoms with van der Waals surface area (Å²) in [7, 11) is 0. The van der Waals surface area contributed by atoms with E-state index in [0.717, 1.165) is 51.4 Å². The van der Waals surface area contributed by atoms with Crippen molar-refractivity contribution in [2.45, 2.75) is 101 Å². The molecule has 9 heteroatoms. The van der Waals surface area contributed by atoms with Gasteiger partial charge in [0.25, 0.3) is 0 Å². The summed E-state index contributed by atoms with van der Waals surface area (Å²) in [6.45, 7) is 1.29. The largest absolute Gasteiger partial charge is 0.370 e. The highest BCUT2D eigenvalue weighted by molar-refractivity contribution is 5.92. The second-order valence-corrected chi connectivity index (χ2v) is 10.7. The third-order valence-electron chi connectivity index (χ3n) is 8.65. The minimum Gasteiger partial charge on any atom is -0.370 e. The quantitative estimate of drug-likeness (QED) is 0.179. The molecule has 9 nitrogen and oxygen atoms in total. The molecule has 0 spiro atoms. The lowest BCUT2D eigenvalue weighted by atomic mass is 9.71. The van der Waals surface area contributed by atoms with Crippen LogP contribution < -0.4 is 22.1 Å². The molecule has 4 rings (SSSR count). The maximum Gasteiger partial charge on any atom is 0.243 e. The average Bonchev–Trinajstić information content (AvgIpc) is 3.24. The van der Waals surface area contributed by atoms with Gasteiger partial charge in [-0.15, -0.1) is 0 Å². The first kappa shape index (κ1) is 24.9. The zero-order chi connectivity index (χ0) is 24.1. The van der Waals surface area contributed by atoms with Crippen molar-refractivity contribution < 1.29 is 14.4 Å². The Balaban J connectivity index is 1.46. The van der Waals surface area contributed by atoms with Crippen LogP contribution in [0.25, 0.3) is 0 Å². The normalized spacial score (nSPS) is 33.8. The fourth-order valence-corrected chi connectivity index (χ4v) is 7.02. The SMILES string of the molecule is NC(N)=NCCC[C@@H](C=O)NC(=O)[C@@H]1C[C@@H]2CCCC[C@@H]2N1C(=O)[C@H]1NCC[C@H]2CCCC[C@H]21. The number of nitrogens with zero attached hydrogens (tertiary/aromatic N) is 2. The number of fused-ring (bicyclic) bond motifs is 2. The van der Waals surface area contributed by atoms with Gasteiger partial charge in [0.15, 0.2) is 5.96 Å². The fraction of sp³-hybridized carbons (Fsp3) is 0.840. The Morgan fingerprint density at radius 1 is 1.06 bits per heavy atom. The molecule has 2 saturated carbocycles. The smallest absolute Gasteiger partial charge is 0.243 e. The number of rotatable bonds is 8. The highest BCUT2D eigenvalue weighted by Crippen LogP contribution is 2.43. The number of amides is 2. The van der Waals surface area contributed by atoms with Crippen molar-refractivity contribution >= 4 is 24.1 Å². The van der Waals surface area contributed by atoms with Crippen molar-refractivity contribution in [3.05, 3.63) is 0 Å². The zero-order valence-electron chi connectivity index (χ0n) is 20.3. The second-order valence-electron chi connectivity index (χ2n) is 10.7. The van der Waals surface area contributed by atoms with Gasteiger partial charge in [-0.05, 0) is 69.2 Å². The first-order valence-electron chi connectivity index (χ1n) is 13.4. The summed E-state index contributed by atoms with van der Waals surface area (Å²) in [6.07, 6.45) is 12.7. The third kappa shape index (κ3) is 5.56. The Morgan fingerprint density at radius 2 is 1.79 bits per heavy atom. The molecule has 0 aromatic rings. The molecule has 2 saturated heterocycles. The topological polar surface area (TPSA) is 143 Å². The van der Waals surface area contributed by atoms with Gasteiger partial charge in [-0.2, -0.15) is 0 Å². The number of nitrogens with two attached hydrogens (primary N) is 2. The first-order chi connectivity index (χ1) is 16.5. The molecule has 190 valence electrons. The van der Waals surface area contributed by atoms with E-state index in [-0.39, 0.29) is 29.9 Å². The molecule has 2 aliphatic heterocycles. The lowest BCUT2D eigenvalue weighted by Gasteiger charge is -2.44. The Bertz CT molecular complexity index is 768. The van der Waals surface area contributed by atoms with Crippen molar-refractivity contribution in [3.63, 3.8) is 0 Å². The van der Waals surface area contributed by atoms with Gasteiger partial charge in [-0.1, -0.05) is 32.1 Å². The molecule has 34 heavy (non-hydrogen) atoms. The van der Waals surface area contributed by atoms with Crippen LogP contribution in [0.1, 0.15) is 77.0 Å². The van der Waals surface area contributed by atoms with Crippen molar-refractivity contribution in [2.24, 2.45) is 34.2 Å². The minimum atomic E-state index is -0.600. The van der Waals surface area contributed by atoms with Crippen molar-refractivity contribution in [1.29, 1.82) is 0 Å². The van der Waals surface area contributed by atoms with E-state index < -0.39 is 12.1 Å². The first-order valence-corrected chi connectivity index (χ1v) is 13.4. The summed E-state index contributed by atoms with van der Waals surface area (Å²) in [4.78, 5) is 45.0. The summed E-state index contributed by atoms with van der Waals surface area (Å²) in [5.74, 6) is 1.30. The number of aldehydes is 1.